The molecule has 0 unspecified atom stereocenters. The summed E-state index contributed by atoms with van der Waals surface area (Å²) >= 11 is 0. The molecular weight excluding hydrogens is 354 g/mol. The van der Waals surface area contributed by atoms with Gasteiger partial charge in [-0.25, -0.2) is 0 Å². The van der Waals surface area contributed by atoms with Crippen molar-refractivity contribution in [2.24, 2.45) is 5.16 Å². The van der Waals surface area contributed by atoms with Gasteiger partial charge >= 0.3 is 0 Å². The molecule has 3 aromatic rings. The second kappa shape index (κ2) is 8.81. The standard InChI is InChI=1S/C22H21N3O3/c1-15(17-7-10-20(11-8-17)23-16(2)26)25-28-14-22(27)24-21-12-9-18-5-3-4-6-19(18)13-21/h3-13H,14H2,1-2H3,(H,23,26)(H,24,27)/b25-15+. The first-order valence-electron chi connectivity index (χ1n) is 8.84. The predicted octanol–water partition coefficient (Wildman–Crippen LogP) is 4.18. The van der Waals surface area contributed by atoms with Gasteiger partial charge in [-0.2, -0.15) is 0 Å². The first-order chi connectivity index (χ1) is 13.5. The van der Waals surface area contributed by atoms with Crippen LogP contribution in [0.2, 0.25) is 0 Å². The Morgan fingerprint density at radius 1 is 0.857 bits per heavy atom. The lowest BCUT2D eigenvalue weighted by molar-refractivity contribution is -0.120. The number of carbonyl (C=O) groups is 2. The number of carbonyl (C=O) groups excluding carboxylic acids is 2. The van der Waals surface area contributed by atoms with Gasteiger partial charge in [-0.3, -0.25) is 9.59 Å². The van der Waals surface area contributed by atoms with Crippen molar-refractivity contribution in [1.82, 2.24) is 0 Å². The van der Waals surface area contributed by atoms with Crippen molar-refractivity contribution >= 4 is 39.7 Å². The predicted molar refractivity (Wildman–Crippen MR) is 111 cm³/mol. The summed E-state index contributed by atoms with van der Waals surface area (Å²) in [5, 5.41) is 11.7. The summed E-state index contributed by atoms with van der Waals surface area (Å²) in [6, 6.07) is 20.9. The van der Waals surface area contributed by atoms with E-state index in [9.17, 15) is 9.59 Å². The minimum absolute atomic E-state index is 0.126. The van der Waals surface area contributed by atoms with Gasteiger partial charge in [-0.15, -0.1) is 0 Å². The minimum Gasteiger partial charge on any atom is -0.385 e. The molecule has 0 saturated heterocycles. The minimum atomic E-state index is -0.284. The second-order valence-corrected chi connectivity index (χ2v) is 6.32. The van der Waals surface area contributed by atoms with E-state index in [1.165, 1.54) is 6.92 Å². The molecule has 28 heavy (non-hydrogen) atoms. The van der Waals surface area contributed by atoms with Crippen LogP contribution in [-0.2, 0) is 14.4 Å². The molecule has 0 atom stereocenters. The van der Waals surface area contributed by atoms with Crippen molar-refractivity contribution < 1.29 is 14.4 Å². The summed E-state index contributed by atoms with van der Waals surface area (Å²) in [5.74, 6) is -0.410. The van der Waals surface area contributed by atoms with E-state index >= 15 is 0 Å². The molecule has 3 aromatic carbocycles. The highest BCUT2D eigenvalue weighted by molar-refractivity contribution is 5.99. The molecule has 0 aliphatic carbocycles. The number of amides is 2. The zero-order valence-corrected chi connectivity index (χ0v) is 15.7. The molecule has 3 rings (SSSR count). The molecule has 142 valence electrons. The van der Waals surface area contributed by atoms with Gasteiger partial charge in [0.05, 0.1) is 5.71 Å². The Hall–Kier alpha value is -3.67. The fourth-order valence-electron chi connectivity index (χ4n) is 2.70. The molecule has 2 amide bonds. The molecule has 0 bridgehead atoms. The summed E-state index contributed by atoms with van der Waals surface area (Å²) in [6.45, 7) is 3.06. The van der Waals surface area contributed by atoms with Crippen LogP contribution in [0.15, 0.2) is 71.9 Å². The van der Waals surface area contributed by atoms with Crippen molar-refractivity contribution in [2.75, 3.05) is 17.2 Å². The smallest absolute Gasteiger partial charge is 0.265 e. The van der Waals surface area contributed by atoms with Gasteiger partial charge in [-0.1, -0.05) is 47.6 Å². The Bertz CT molecular complexity index is 1030. The molecule has 0 saturated carbocycles. The highest BCUT2D eigenvalue weighted by atomic mass is 16.6. The Morgan fingerprint density at radius 3 is 2.25 bits per heavy atom. The molecule has 0 fully saturated rings. The van der Waals surface area contributed by atoms with E-state index in [0.29, 0.717) is 17.1 Å². The molecule has 0 aliphatic heterocycles. The third-order valence-corrected chi connectivity index (χ3v) is 4.05. The van der Waals surface area contributed by atoms with Crippen LogP contribution in [0.1, 0.15) is 19.4 Å². The highest BCUT2D eigenvalue weighted by Gasteiger charge is 2.05. The number of fused-ring (bicyclic) bond motifs is 1. The lowest BCUT2D eigenvalue weighted by Crippen LogP contribution is -2.17. The maximum absolute atomic E-state index is 12.1. The van der Waals surface area contributed by atoms with Gasteiger partial charge in [0.1, 0.15) is 0 Å². The maximum Gasteiger partial charge on any atom is 0.265 e. The summed E-state index contributed by atoms with van der Waals surface area (Å²) in [7, 11) is 0. The number of rotatable bonds is 6. The lowest BCUT2D eigenvalue weighted by atomic mass is 10.1. The van der Waals surface area contributed by atoms with Crippen LogP contribution < -0.4 is 10.6 Å². The number of hydrogen-bond donors (Lipinski definition) is 2. The van der Waals surface area contributed by atoms with Crippen molar-refractivity contribution in [1.29, 1.82) is 0 Å². The first kappa shape index (κ1) is 19.1. The van der Waals surface area contributed by atoms with E-state index in [1.807, 2.05) is 54.6 Å². The molecule has 0 aromatic heterocycles. The highest BCUT2D eigenvalue weighted by Crippen LogP contribution is 2.18. The SMILES string of the molecule is CC(=O)Nc1ccc(/C(C)=N/OCC(=O)Nc2ccc3ccccc3c2)cc1. The molecule has 6 nitrogen and oxygen atoms in total. The molecule has 0 heterocycles. The molecule has 0 spiro atoms. The molecule has 6 heteroatoms. The van der Waals surface area contributed by atoms with Crippen molar-refractivity contribution in [3.63, 3.8) is 0 Å². The number of nitrogens with one attached hydrogen (secondary N) is 2. The van der Waals surface area contributed by atoms with Crippen LogP contribution in [0.25, 0.3) is 10.8 Å². The van der Waals surface area contributed by atoms with Crippen molar-refractivity contribution in [3.8, 4) is 0 Å². The van der Waals surface area contributed by atoms with Crippen LogP contribution >= 0.6 is 0 Å². The van der Waals surface area contributed by atoms with E-state index in [-0.39, 0.29) is 18.4 Å². The lowest BCUT2D eigenvalue weighted by Gasteiger charge is -2.07. The summed E-state index contributed by atoms with van der Waals surface area (Å²) in [5.41, 5.74) is 2.89. The molecule has 0 radical (unpaired) electrons. The zero-order valence-electron chi connectivity index (χ0n) is 15.7. The van der Waals surface area contributed by atoms with Gasteiger partial charge in [0.2, 0.25) is 5.91 Å². The number of oxime groups is 1. The normalized spacial score (nSPS) is 11.1. The van der Waals surface area contributed by atoms with Crippen LogP contribution in [-0.4, -0.2) is 24.1 Å². The Kier molecular flexibility index (Phi) is 6.01. The number of nitrogens with zero attached hydrogens (tertiary/aromatic N) is 1. The quantitative estimate of drug-likeness (QED) is 0.501. The fraction of sp³-hybridized carbons (Fsp3) is 0.136. The first-order valence-corrected chi connectivity index (χ1v) is 8.84. The monoisotopic (exact) mass is 375 g/mol. The van der Waals surface area contributed by atoms with Crippen molar-refractivity contribution in [2.45, 2.75) is 13.8 Å². The average Bonchev–Trinajstić information content (AvgIpc) is 2.68. The van der Waals surface area contributed by atoms with Gasteiger partial charge in [0.25, 0.3) is 5.91 Å². The van der Waals surface area contributed by atoms with Crippen LogP contribution in [0.4, 0.5) is 11.4 Å². The van der Waals surface area contributed by atoms with Crippen LogP contribution in [0.3, 0.4) is 0 Å². The van der Waals surface area contributed by atoms with Gasteiger partial charge < -0.3 is 15.5 Å². The Morgan fingerprint density at radius 2 is 1.54 bits per heavy atom. The van der Waals surface area contributed by atoms with E-state index in [2.05, 4.69) is 15.8 Å². The average molecular weight is 375 g/mol. The topological polar surface area (TPSA) is 79.8 Å². The largest absolute Gasteiger partial charge is 0.385 e. The van der Waals surface area contributed by atoms with Crippen LogP contribution in [0.5, 0.6) is 0 Å². The van der Waals surface area contributed by atoms with Crippen LogP contribution in [0, 0.1) is 0 Å². The second-order valence-electron chi connectivity index (χ2n) is 6.32. The fourth-order valence-corrected chi connectivity index (χ4v) is 2.70. The van der Waals surface area contributed by atoms with E-state index in [1.54, 1.807) is 19.1 Å². The summed E-state index contributed by atoms with van der Waals surface area (Å²) in [4.78, 5) is 28.3. The number of anilines is 2. The van der Waals surface area contributed by atoms with Gasteiger partial charge in [0, 0.05) is 18.3 Å². The van der Waals surface area contributed by atoms with Crippen molar-refractivity contribution in [3.05, 3.63) is 72.3 Å². The Labute approximate surface area is 163 Å². The molecule has 0 aliphatic rings. The molecule has 2 N–H and O–H groups in total. The number of benzene rings is 3. The third-order valence-electron chi connectivity index (χ3n) is 4.05. The maximum atomic E-state index is 12.1. The Balaban J connectivity index is 1.53. The number of hydrogen-bond acceptors (Lipinski definition) is 4. The third kappa shape index (κ3) is 5.17. The summed E-state index contributed by atoms with van der Waals surface area (Å²) < 4.78 is 0. The van der Waals surface area contributed by atoms with E-state index in [0.717, 1.165) is 16.3 Å². The molecular formula is C22H21N3O3. The van der Waals surface area contributed by atoms with Gasteiger partial charge in [-0.05, 0) is 47.5 Å². The summed E-state index contributed by atoms with van der Waals surface area (Å²) in [6.07, 6.45) is 0. The van der Waals surface area contributed by atoms with E-state index in [4.69, 9.17) is 4.84 Å². The van der Waals surface area contributed by atoms with Gasteiger partial charge in [0.15, 0.2) is 6.61 Å². The zero-order chi connectivity index (χ0) is 19.9. The van der Waals surface area contributed by atoms with E-state index < -0.39 is 0 Å².